The summed E-state index contributed by atoms with van der Waals surface area (Å²) in [5, 5.41) is 5.83. The summed E-state index contributed by atoms with van der Waals surface area (Å²) in [6.07, 6.45) is 1.72. The second-order valence-electron chi connectivity index (χ2n) is 6.80. The van der Waals surface area contributed by atoms with Gasteiger partial charge in [0.2, 0.25) is 5.91 Å². The SMILES string of the molecule is COC(=O)[C@H](C)NC(=O)Cc1c(C)nc2c(NC(=O)c3c(Cl)cccc3Cl)cccn12.Cl. The van der Waals surface area contributed by atoms with Gasteiger partial charge in [-0.2, -0.15) is 0 Å². The molecule has 0 aliphatic rings. The summed E-state index contributed by atoms with van der Waals surface area (Å²) in [6.45, 7) is 3.30. The average molecular weight is 500 g/mol. The molecule has 1 atom stereocenters. The zero-order valence-corrected chi connectivity index (χ0v) is 19.8. The molecule has 0 saturated heterocycles. The number of carbonyl (C=O) groups is 3. The fraction of sp³-hybridized carbons (Fsp3) is 0.238. The first-order chi connectivity index (χ1) is 14.7. The molecule has 32 heavy (non-hydrogen) atoms. The number of esters is 1. The number of hydrogen-bond acceptors (Lipinski definition) is 5. The van der Waals surface area contributed by atoms with Crippen molar-refractivity contribution in [2.45, 2.75) is 26.3 Å². The number of benzene rings is 1. The van der Waals surface area contributed by atoms with Gasteiger partial charge in [0, 0.05) is 6.20 Å². The Morgan fingerprint density at radius 1 is 1.16 bits per heavy atom. The number of nitrogens with one attached hydrogen (secondary N) is 2. The Morgan fingerprint density at radius 2 is 1.81 bits per heavy atom. The molecule has 0 saturated carbocycles. The maximum Gasteiger partial charge on any atom is 0.328 e. The number of aryl methyl sites for hydroxylation is 1. The van der Waals surface area contributed by atoms with Crippen molar-refractivity contribution in [2.75, 3.05) is 12.4 Å². The van der Waals surface area contributed by atoms with Gasteiger partial charge in [0.05, 0.1) is 46.2 Å². The summed E-state index contributed by atoms with van der Waals surface area (Å²) >= 11 is 12.3. The van der Waals surface area contributed by atoms with E-state index in [1.165, 1.54) is 7.11 Å². The molecule has 0 aliphatic heterocycles. The number of hydrogen-bond donors (Lipinski definition) is 2. The highest BCUT2D eigenvalue weighted by Gasteiger charge is 2.21. The van der Waals surface area contributed by atoms with Crippen molar-refractivity contribution in [3.05, 3.63) is 63.5 Å². The van der Waals surface area contributed by atoms with Crippen LogP contribution in [-0.4, -0.2) is 40.3 Å². The van der Waals surface area contributed by atoms with Gasteiger partial charge in [0.25, 0.3) is 5.91 Å². The highest BCUT2D eigenvalue weighted by molar-refractivity contribution is 6.40. The van der Waals surface area contributed by atoms with Crippen molar-refractivity contribution >= 4 is 64.7 Å². The van der Waals surface area contributed by atoms with Crippen LogP contribution in [0.2, 0.25) is 10.0 Å². The molecule has 170 valence electrons. The van der Waals surface area contributed by atoms with Gasteiger partial charge in [-0.15, -0.1) is 12.4 Å². The predicted octanol–water partition coefficient (Wildman–Crippen LogP) is 3.84. The summed E-state index contributed by atoms with van der Waals surface area (Å²) in [7, 11) is 1.26. The number of halogens is 3. The first kappa shape index (κ1) is 25.5. The van der Waals surface area contributed by atoms with E-state index in [1.54, 1.807) is 54.8 Å². The molecule has 3 aromatic rings. The second kappa shape index (κ2) is 10.7. The van der Waals surface area contributed by atoms with Crippen LogP contribution < -0.4 is 10.6 Å². The van der Waals surface area contributed by atoms with Crippen LogP contribution in [0, 0.1) is 6.92 Å². The molecule has 11 heteroatoms. The molecule has 8 nitrogen and oxygen atoms in total. The maximum absolute atomic E-state index is 12.8. The number of ether oxygens (including phenoxy) is 1. The van der Waals surface area contributed by atoms with Crippen LogP contribution >= 0.6 is 35.6 Å². The molecule has 2 aromatic heterocycles. The second-order valence-corrected chi connectivity index (χ2v) is 7.61. The number of nitrogens with zero attached hydrogens (tertiary/aromatic N) is 2. The fourth-order valence-electron chi connectivity index (χ4n) is 3.12. The molecule has 0 fully saturated rings. The fourth-order valence-corrected chi connectivity index (χ4v) is 3.69. The smallest absolute Gasteiger partial charge is 0.328 e. The zero-order chi connectivity index (χ0) is 22.7. The normalized spacial score (nSPS) is 11.4. The van der Waals surface area contributed by atoms with Gasteiger partial charge in [-0.1, -0.05) is 29.3 Å². The van der Waals surface area contributed by atoms with Crippen LogP contribution in [0.1, 0.15) is 28.7 Å². The van der Waals surface area contributed by atoms with E-state index >= 15 is 0 Å². The van der Waals surface area contributed by atoms with Crippen molar-refractivity contribution in [1.29, 1.82) is 0 Å². The van der Waals surface area contributed by atoms with E-state index in [4.69, 9.17) is 23.2 Å². The van der Waals surface area contributed by atoms with E-state index in [-0.39, 0.29) is 40.3 Å². The highest BCUT2D eigenvalue weighted by Crippen LogP contribution is 2.27. The quantitative estimate of drug-likeness (QED) is 0.502. The third kappa shape index (κ3) is 5.32. The van der Waals surface area contributed by atoms with Crippen molar-refractivity contribution in [3.8, 4) is 0 Å². The number of methoxy groups -OCH3 is 1. The Labute approximate surface area is 200 Å². The minimum atomic E-state index is -0.771. The molecule has 0 unspecified atom stereocenters. The Kier molecular flexibility index (Phi) is 8.49. The Hall–Kier alpha value is -2.81. The number of pyridine rings is 1. The van der Waals surface area contributed by atoms with Gasteiger partial charge < -0.3 is 19.8 Å². The van der Waals surface area contributed by atoms with Crippen LogP contribution in [0.3, 0.4) is 0 Å². The molecule has 1 aromatic carbocycles. The van der Waals surface area contributed by atoms with Crippen molar-refractivity contribution in [3.63, 3.8) is 0 Å². The maximum atomic E-state index is 12.8. The van der Waals surface area contributed by atoms with Crippen molar-refractivity contribution in [1.82, 2.24) is 14.7 Å². The van der Waals surface area contributed by atoms with Crippen molar-refractivity contribution in [2.24, 2.45) is 0 Å². The number of anilines is 1. The van der Waals surface area contributed by atoms with E-state index < -0.39 is 17.9 Å². The number of rotatable bonds is 6. The molecular weight excluding hydrogens is 479 g/mol. The van der Waals surface area contributed by atoms with Crippen LogP contribution in [0.5, 0.6) is 0 Å². The highest BCUT2D eigenvalue weighted by atomic mass is 35.5. The lowest BCUT2D eigenvalue weighted by Gasteiger charge is -2.12. The van der Waals surface area contributed by atoms with Gasteiger partial charge >= 0.3 is 5.97 Å². The lowest BCUT2D eigenvalue weighted by molar-refractivity contribution is -0.144. The van der Waals surface area contributed by atoms with Crippen molar-refractivity contribution < 1.29 is 19.1 Å². The molecule has 0 spiro atoms. The molecular formula is C21H21Cl3N4O4. The molecule has 2 heterocycles. The summed E-state index contributed by atoms with van der Waals surface area (Å²) in [5.41, 5.74) is 2.28. The monoisotopic (exact) mass is 498 g/mol. The van der Waals surface area contributed by atoms with Crippen LogP contribution in [0.25, 0.3) is 5.65 Å². The first-order valence-corrected chi connectivity index (χ1v) is 10.1. The lowest BCUT2D eigenvalue weighted by Crippen LogP contribution is -2.40. The van der Waals surface area contributed by atoms with Gasteiger partial charge in [-0.25, -0.2) is 9.78 Å². The number of amides is 2. The third-order valence-electron chi connectivity index (χ3n) is 4.65. The molecule has 0 radical (unpaired) electrons. The summed E-state index contributed by atoms with van der Waals surface area (Å²) in [4.78, 5) is 41.2. The summed E-state index contributed by atoms with van der Waals surface area (Å²) in [6, 6.07) is 7.44. The van der Waals surface area contributed by atoms with Gasteiger partial charge in [0.15, 0.2) is 5.65 Å². The largest absolute Gasteiger partial charge is 0.467 e. The van der Waals surface area contributed by atoms with E-state index in [9.17, 15) is 14.4 Å². The minimum Gasteiger partial charge on any atom is -0.467 e. The summed E-state index contributed by atoms with van der Waals surface area (Å²) in [5.74, 6) is -1.37. The lowest BCUT2D eigenvalue weighted by atomic mass is 10.2. The van der Waals surface area contributed by atoms with Gasteiger partial charge in [0.1, 0.15) is 6.04 Å². The molecule has 2 N–H and O–H groups in total. The van der Waals surface area contributed by atoms with Gasteiger partial charge in [-0.05, 0) is 38.1 Å². The topological polar surface area (TPSA) is 102 Å². The van der Waals surface area contributed by atoms with E-state index in [0.717, 1.165) is 0 Å². The third-order valence-corrected chi connectivity index (χ3v) is 5.28. The number of fused-ring (bicyclic) bond motifs is 1. The van der Waals surface area contributed by atoms with E-state index in [1.807, 2.05) is 0 Å². The van der Waals surface area contributed by atoms with Gasteiger partial charge in [-0.3, -0.25) is 9.59 Å². The Balaban J connectivity index is 0.00000363. The first-order valence-electron chi connectivity index (χ1n) is 9.32. The molecule has 0 bridgehead atoms. The van der Waals surface area contributed by atoms with Crippen LogP contribution in [0.4, 0.5) is 5.69 Å². The zero-order valence-electron chi connectivity index (χ0n) is 17.4. The molecule has 3 rings (SSSR count). The molecule has 0 aliphatic carbocycles. The average Bonchev–Trinajstić information content (AvgIpc) is 3.03. The summed E-state index contributed by atoms with van der Waals surface area (Å²) < 4.78 is 6.33. The van der Waals surface area contributed by atoms with E-state index in [2.05, 4.69) is 20.4 Å². The number of imidazole rings is 1. The number of aromatic nitrogens is 2. The predicted molar refractivity (Wildman–Crippen MR) is 125 cm³/mol. The number of carbonyl (C=O) groups excluding carboxylic acids is 3. The standard InChI is InChI=1S/C21H20Cl2N4O4.ClH/c1-11-16(10-17(28)24-12(2)21(30)31-3)27-9-5-8-15(19(27)25-11)26-20(29)18-13(22)6-4-7-14(18)23;/h4-9,12H,10H2,1-3H3,(H,24,28)(H,26,29);1H/t12-;/m0./s1. The Bertz CT molecular complexity index is 1160. The Morgan fingerprint density at radius 3 is 2.44 bits per heavy atom. The van der Waals surface area contributed by atoms with Crippen LogP contribution in [-0.2, 0) is 20.7 Å². The molecule has 2 amide bonds. The minimum absolute atomic E-state index is 0. The van der Waals surface area contributed by atoms with Crippen LogP contribution in [0.15, 0.2) is 36.5 Å². The van der Waals surface area contributed by atoms with E-state index in [0.29, 0.717) is 22.7 Å².